The smallest absolute Gasteiger partial charge is 0.416 e. The quantitative estimate of drug-likeness (QED) is 0.559. The highest BCUT2D eigenvalue weighted by atomic mass is 32.2. The summed E-state index contributed by atoms with van der Waals surface area (Å²) in [5, 5.41) is 0.204. The Kier molecular flexibility index (Phi) is 5.59. The Hall–Kier alpha value is -3.87. The van der Waals surface area contributed by atoms with Gasteiger partial charge in [-0.2, -0.15) is 13.2 Å². The molecule has 0 radical (unpaired) electrons. The van der Waals surface area contributed by atoms with Crippen LogP contribution < -0.4 is 26.3 Å². The Morgan fingerprint density at radius 2 is 1.82 bits per heavy atom. The van der Waals surface area contributed by atoms with Crippen molar-refractivity contribution in [1.82, 2.24) is 0 Å². The second kappa shape index (κ2) is 8.17. The zero-order valence-corrected chi connectivity index (χ0v) is 18.2. The van der Waals surface area contributed by atoms with Crippen LogP contribution in [0.5, 0.6) is 0 Å². The lowest BCUT2D eigenvalue weighted by Gasteiger charge is -2.24. The summed E-state index contributed by atoms with van der Waals surface area (Å²) in [6, 6.07) is 7.63. The number of urea groups is 1. The van der Waals surface area contributed by atoms with Gasteiger partial charge in [-0.3, -0.25) is 4.90 Å². The van der Waals surface area contributed by atoms with Crippen LogP contribution >= 0.6 is 0 Å². The number of anilines is 3. The van der Waals surface area contributed by atoms with Gasteiger partial charge in [-0.25, -0.2) is 22.6 Å². The van der Waals surface area contributed by atoms with E-state index in [9.17, 15) is 30.8 Å². The first-order chi connectivity index (χ1) is 15.8. The number of nitrogens with two attached hydrogens (primary N) is 1. The fourth-order valence-electron chi connectivity index (χ4n) is 3.32. The fraction of sp³-hybridized carbons (Fsp3) is 0.143. The molecule has 1 aliphatic heterocycles. The molecule has 0 spiro atoms. The predicted molar refractivity (Wildman–Crippen MR) is 114 cm³/mol. The molecule has 34 heavy (non-hydrogen) atoms. The molecule has 0 saturated carbocycles. The number of carbonyl (C=O) groups excluding carboxylic acids is 1. The number of halogens is 4. The summed E-state index contributed by atoms with van der Waals surface area (Å²) in [6.45, 7) is 0.0881. The number of amides is 2. The van der Waals surface area contributed by atoms with Gasteiger partial charge >= 0.3 is 12.2 Å². The topological polar surface area (TPSA) is 109 Å². The van der Waals surface area contributed by atoms with Crippen molar-refractivity contribution in [3.63, 3.8) is 0 Å². The van der Waals surface area contributed by atoms with Crippen LogP contribution in [0.1, 0.15) is 5.56 Å². The third kappa shape index (κ3) is 4.46. The van der Waals surface area contributed by atoms with Crippen molar-refractivity contribution in [2.75, 3.05) is 22.7 Å². The van der Waals surface area contributed by atoms with Crippen LogP contribution in [0.25, 0.3) is 6.20 Å². The lowest BCUT2D eigenvalue weighted by molar-refractivity contribution is -0.137. The van der Waals surface area contributed by atoms with Gasteiger partial charge in [0.15, 0.2) is 0 Å². The average molecular weight is 496 g/mol. The van der Waals surface area contributed by atoms with E-state index in [2.05, 4.69) is 4.99 Å². The van der Waals surface area contributed by atoms with E-state index in [0.29, 0.717) is 34.0 Å². The maximum absolute atomic E-state index is 14.4. The number of furan rings is 1. The number of nitrogens with zero attached hydrogens (tertiary/aromatic N) is 3. The lowest BCUT2D eigenvalue weighted by Crippen LogP contribution is -2.33. The summed E-state index contributed by atoms with van der Waals surface area (Å²) in [5.41, 5.74) is 4.31. The van der Waals surface area contributed by atoms with E-state index in [1.54, 1.807) is 11.1 Å². The van der Waals surface area contributed by atoms with E-state index in [1.807, 2.05) is 0 Å². The highest BCUT2D eigenvalue weighted by molar-refractivity contribution is 7.90. The van der Waals surface area contributed by atoms with Crippen molar-refractivity contribution in [3.05, 3.63) is 70.7 Å². The largest absolute Gasteiger partial charge is 0.427 e. The van der Waals surface area contributed by atoms with Crippen LogP contribution in [0.15, 0.2) is 63.0 Å². The summed E-state index contributed by atoms with van der Waals surface area (Å²) in [5.74, 6) is -1.06. The zero-order valence-electron chi connectivity index (χ0n) is 17.4. The van der Waals surface area contributed by atoms with Gasteiger partial charge in [0, 0.05) is 24.2 Å². The number of sulfone groups is 1. The molecule has 0 unspecified atom stereocenters. The maximum Gasteiger partial charge on any atom is 0.416 e. The van der Waals surface area contributed by atoms with E-state index in [0.717, 1.165) is 6.26 Å². The third-order valence-corrected chi connectivity index (χ3v) is 5.85. The van der Waals surface area contributed by atoms with Crippen molar-refractivity contribution in [2.24, 2.45) is 10.7 Å². The first-order valence-corrected chi connectivity index (χ1v) is 11.4. The monoisotopic (exact) mass is 496 g/mol. The molecular weight excluding hydrogens is 480 g/mol. The molecule has 0 saturated heterocycles. The van der Waals surface area contributed by atoms with E-state index >= 15 is 0 Å². The third-order valence-electron chi connectivity index (χ3n) is 4.92. The number of rotatable bonds is 4. The number of alkyl halides is 3. The van der Waals surface area contributed by atoms with Gasteiger partial charge in [0.2, 0.25) is 20.5 Å². The summed E-state index contributed by atoms with van der Waals surface area (Å²) < 4.78 is 82.2. The molecule has 0 fully saturated rings. The second-order valence-electron chi connectivity index (χ2n) is 7.35. The first kappa shape index (κ1) is 23.3. The number of fused-ring (bicyclic) bond motifs is 1. The van der Waals surface area contributed by atoms with Crippen LogP contribution in [0.4, 0.5) is 39.4 Å². The molecule has 178 valence electrons. The number of carbonyl (C=O) groups is 1. The predicted octanol–water partition coefficient (Wildman–Crippen LogP) is 2.89. The Bertz CT molecular complexity index is 1500. The first-order valence-electron chi connectivity index (χ1n) is 9.54. The zero-order chi connectivity index (χ0) is 24.8. The highest BCUT2D eigenvalue weighted by Crippen LogP contribution is 2.36. The Morgan fingerprint density at radius 1 is 1.15 bits per heavy atom. The van der Waals surface area contributed by atoms with Crippen molar-refractivity contribution in [2.45, 2.75) is 11.3 Å². The normalized spacial score (nSPS) is 13.6. The maximum atomic E-state index is 14.4. The van der Waals surface area contributed by atoms with Gasteiger partial charge in [0.05, 0.1) is 22.2 Å². The average Bonchev–Trinajstić information content (AvgIpc) is 3.19. The molecule has 13 heteroatoms. The molecule has 2 heterocycles. The Balaban J connectivity index is 1.68. The SMILES string of the molecule is CS(=O)(=O)c1cc2c(o1)=NCN(c1ccc(N(C(N)=O)c3cc(C(F)(F)F)ccc3F)cc1)C=2. The van der Waals surface area contributed by atoms with Crippen LogP contribution in [-0.2, 0) is 16.0 Å². The van der Waals surface area contributed by atoms with Crippen LogP contribution in [0, 0.1) is 5.82 Å². The van der Waals surface area contributed by atoms with Gasteiger partial charge in [-0.05, 0) is 42.5 Å². The highest BCUT2D eigenvalue weighted by Gasteiger charge is 2.32. The summed E-state index contributed by atoms with van der Waals surface area (Å²) in [4.78, 5) is 18.5. The van der Waals surface area contributed by atoms with Crippen LogP contribution in [0.3, 0.4) is 0 Å². The molecule has 1 aliphatic rings. The number of primary amides is 1. The minimum atomic E-state index is -4.74. The molecule has 8 nitrogen and oxygen atoms in total. The fourth-order valence-corrected chi connectivity index (χ4v) is 3.89. The van der Waals surface area contributed by atoms with Crippen molar-refractivity contribution < 1.29 is 35.2 Å². The van der Waals surface area contributed by atoms with Gasteiger partial charge in [-0.1, -0.05) is 0 Å². The van der Waals surface area contributed by atoms with Crippen molar-refractivity contribution in [1.29, 1.82) is 0 Å². The van der Waals surface area contributed by atoms with Gasteiger partial charge < -0.3 is 15.1 Å². The number of benzene rings is 2. The van der Waals surface area contributed by atoms with E-state index in [1.165, 1.54) is 30.3 Å². The summed E-state index contributed by atoms with van der Waals surface area (Å²) in [6.07, 6.45) is -2.13. The molecule has 0 atom stereocenters. The summed E-state index contributed by atoms with van der Waals surface area (Å²) in [7, 11) is -3.56. The van der Waals surface area contributed by atoms with Crippen molar-refractivity contribution in [3.8, 4) is 0 Å². The second-order valence-corrected chi connectivity index (χ2v) is 9.30. The van der Waals surface area contributed by atoms with Crippen molar-refractivity contribution >= 4 is 39.1 Å². The van der Waals surface area contributed by atoms with Gasteiger partial charge in [0.1, 0.15) is 12.5 Å². The van der Waals surface area contributed by atoms with Gasteiger partial charge in [0.25, 0.3) is 0 Å². The summed E-state index contributed by atoms with van der Waals surface area (Å²) >= 11 is 0. The van der Waals surface area contributed by atoms with Crippen LogP contribution in [-0.4, -0.2) is 27.4 Å². The molecule has 2 aromatic carbocycles. The lowest BCUT2D eigenvalue weighted by atomic mass is 10.1. The molecule has 2 N–H and O–H groups in total. The Labute approximate surface area is 190 Å². The molecule has 0 aliphatic carbocycles. The molecular formula is C21H16F4N4O4S. The van der Waals surface area contributed by atoms with Gasteiger partial charge in [-0.15, -0.1) is 0 Å². The molecule has 2 amide bonds. The Morgan fingerprint density at radius 3 is 2.41 bits per heavy atom. The minimum absolute atomic E-state index is 0.0341. The minimum Gasteiger partial charge on any atom is -0.427 e. The molecule has 1 aromatic heterocycles. The number of hydrogen-bond donors (Lipinski definition) is 1. The van der Waals surface area contributed by atoms with E-state index < -0.39 is 39.1 Å². The molecule has 4 rings (SSSR count). The van der Waals surface area contributed by atoms with E-state index in [-0.39, 0.29) is 23.0 Å². The van der Waals surface area contributed by atoms with Crippen LogP contribution in [0.2, 0.25) is 0 Å². The molecule has 3 aromatic rings. The molecule has 0 bridgehead atoms. The number of hydrogen-bond acceptors (Lipinski definition) is 6. The standard InChI is InChI=1S/C21H16F4N4O4S/c1-34(31,32)18-8-12-10-28(11-27-19(12)33-18)14-3-5-15(6-4-14)29(20(26)30)17-9-13(21(23,24)25)2-7-16(17)22/h2-10H,11H2,1H3,(H2,26,30). The van der Waals surface area contributed by atoms with E-state index in [4.69, 9.17) is 10.2 Å².